The second-order valence-electron chi connectivity index (χ2n) is 7.19. The highest BCUT2D eigenvalue weighted by Crippen LogP contribution is 2.38. The first-order valence-electron chi connectivity index (χ1n) is 9.48. The zero-order chi connectivity index (χ0) is 19.9. The van der Waals surface area contributed by atoms with Crippen molar-refractivity contribution in [1.82, 2.24) is 15.5 Å². The van der Waals surface area contributed by atoms with Crippen molar-refractivity contribution in [3.63, 3.8) is 0 Å². The van der Waals surface area contributed by atoms with Crippen LogP contribution in [0.15, 0.2) is 23.2 Å². The Hall–Kier alpha value is -1.22. The van der Waals surface area contributed by atoms with E-state index in [2.05, 4.69) is 15.6 Å². The maximum Gasteiger partial charge on any atom is 0.230 e. The van der Waals surface area contributed by atoms with Crippen molar-refractivity contribution in [2.75, 3.05) is 34.3 Å². The van der Waals surface area contributed by atoms with E-state index in [4.69, 9.17) is 16.3 Å². The van der Waals surface area contributed by atoms with Gasteiger partial charge in [0.15, 0.2) is 5.96 Å². The van der Waals surface area contributed by atoms with E-state index < -0.39 is 0 Å². The van der Waals surface area contributed by atoms with E-state index in [0.29, 0.717) is 24.1 Å². The fraction of sp³-hybridized carbons (Fsp3) is 0.600. The number of hydrogen-bond acceptors (Lipinski definition) is 3. The number of ether oxygens (including phenoxy) is 1. The average molecular weight is 523 g/mol. The van der Waals surface area contributed by atoms with E-state index in [9.17, 15) is 4.79 Å². The van der Waals surface area contributed by atoms with Gasteiger partial charge in [-0.05, 0) is 31.9 Å². The zero-order valence-corrected chi connectivity index (χ0v) is 20.3. The van der Waals surface area contributed by atoms with Crippen LogP contribution in [0.4, 0.5) is 0 Å². The first kappa shape index (κ1) is 24.8. The van der Waals surface area contributed by atoms with Crippen molar-refractivity contribution in [3.05, 3.63) is 28.8 Å². The van der Waals surface area contributed by atoms with Crippen molar-refractivity contribution >= 4 is 47.4 Å². The predicted octanol–water partition coefficient (Wildman–Crippen LogP) is 3.67. The molecular formula is C20H32ClIN4O2. The molecule has 6 nitrogen and oxygen atoms in total. The lowest BCUT2D eigenvalue weighted by Gasteiger charge is -2.31. The number of amides is 1. The highest BCUT2D eigenvalue weighted by molar-refractivity contribution is 14.0. The summed E-state index contributed by atoms with van der Waals surface area (Å²) < 4.78 is 5.39. The number of rotatable bonds is 7. The molecule has 28 heavy (non-hydrogen) atoms. The summed E-state index contributed by atoms with van der Waals surface area (Å²) in [4.78, 5) is 19.1. The van der Waals surface area contributed by atoms with Gasteiger partial charge in [-0.2, -0.15) is 0 Å². The SMILES string of the molecule is CCNC(=NCc1ccc(Cl)cc1OC)NCC1(C(=O)N(C)C)CCCC1.I. The van der Waals surface area contributed by atoms with Gasteiger partial charge in [-0.3, -0.25) is 4.79 Å². The monoisotopic (exact) mass is 522 g/mol. The van der Waals surface area contributed by atoms with Crippen molar-refractivity contribution in [3.8, 4) is 5.75 Å². The third-order valence-corrected chi connectivity index (χ3v) is 5.25. The Bertz CT molecular complexity index is 676. The average Bonchev–Trinajstić information content (AvgIpc) is 3.14. The molecule has 1 fully saturated rings. The molecule has 0 bridgehead atoms. The molecule has 0 aromatic heterocycles. The molecular weight excluding hydrogens is 491 g/mol. The molecule has 0 aliphatic heterocycles. The van der Waals surface area contributed by atoms with Gasteiger partial charge in [0, 0.05) is 37.8 Å². The maximum atomic E-state index is 12.7. The van der Waals surface area contributed by atoms with Crippen molar-refractivity contribution in [1.29, 1.82) is 0 Å². The van der Waals surface area contributed by atoms with Gasteiger partial charge in [0.05, 0.1) is 19.1 Å². The van der Waals surface area contributed by atoms with Crippen molar-refractivity contribution in [2.24, 2.45) is 10.4 Å². The standard InChI is InChI=1S/C20H31ClN4O2.HI/c1-5-22-19(23-13-15-8-9-16(21)12-17(15)27-4)24-14-20(10-6-7-11-20)18(26)25(2)3;/h8-9,12H,5-7,10-11,13-14H2,1-4H3,(H2,22,23,24);1H. The Labute approximate surface area is 190 Å². The Morgan fingerprint density at radius 2 is 1.96 bits per heavy atom. The van der Waals surface area contributed by atoms with Gasteiger partial charge >= 0.3 is 0 Å². The van der Waals surface area contributed by atoms with Gasteiger partial charge in [0.2, 0.25) is 5.91 Å². The summed E-state index contributed by atoms with van der Waals surface area (Å²) in [5.74, 6) is 1.62. The van der Waals surface area contributed by atoms with Crippen LogP contribution in [0.2, 0.25) is 5.02 Å². The van der Waals surface area contributed by atoms with Crippen LogP contribution in [0.3, 0.4) is 0 Å². The zero-order valence-electron chi connectivity index (χ0n) is 17.2. The third-order valence-electron chi connectivity index (χ3n) is 5.02. The molecule has 1 aliphatic carbocycles. The van der Waals surface area contributed by atoms with Gasteiger partial charge in [-0.1, -0.05) is 30.5 Å². The van der Waals surface area contributed by atoms with E-state index in [1.54, 1.807) is 18.1 Å². The topological polar surface area (TPSA) is 66.0 Å². The summed E-state index contributed by atoms with van der Waals surface area (Å²) in [5.41, 5.74) is 0.622. The summed E-state index contributed by atoms with van der Waals surface area (Å²) in [5, 5.41) is 7.28. The van der Waals surface area contributed by atoms with Crippen LogP contribution in [0.5, 0.6) is 5.75 Å². The molecule has 158 valence electrons. The number of hydrogen-bond donors (Lipinski definition) is 2. The molecule has 1 aromatic carbocycles. The van der Waals surface area contributed by atoms with E-state index in [1.807, 2.05) is 33.2 Å². The number of carbonyl (C=O) groups excluding carboxylic acids is 1. The second-order valence-corrected chi connectivity index (χ2v) is 7.63. The molecule has 8 heteroatoms. The molecule has 0 unspecified atom stereocenters. The number of halogens is 2. The lowest BCUT2D eigenvalue weighted by atomic mass is 9.84. The number of guanidine groups is 1. The van der Waals surface area contributed by atoms with Crippen LogP contribution in [-0.4, -0.2) is 51.1 Å². The Morgan fingerprint density at radius 3 is 2.54 bits per heavy atom. The van der Waals surface area contributed by atoms with Crippen molar-refractivity contribution < 1.29 is 9.53 Å². The van der Waals surface area contributed by atoms with Gasteiger partial charge < -0.3 is 20.3 Å². The second kappa shape index (κ2) is 11.7. The van der Waals surface area contributed by atoms with Gasteiger partial charge in [0.25, 0.3) is 0 Å². The normalized spacial score (nSPS) is 15.5. The van der Waals surface area contributed by atoms with Gasteiger partial charge in [0.1, 0.15) is 5.75 Å². The summed E-state index contributed by atoms with van der Waals surface area (Å²) in [6.07, 6.45) is 4.02. The fourth-order valence-corrected chi connectivity index (χ4v) is 3.76. The molecule has 0 saturated heterocycles. The Kier molecular flexibility index (Phi) is 10.4. The highest BCUT2D eigenvalue weighted by atomic mass is 127. The molecule has 1 aromatic rings. The molecule has 0 atom stereocenters. The van der Waals surface area contributed by atoms with E-state index in [1.165, 1.54) is 0 Å². The number of carbonyl (C=O) groups is 1. The summed E-state index contributed by atoms with van der Waals surface area (Å²) in [6, 6.07) is 5.54. The Balaban J connectivity index is 0.00000392. The number of aliphatic imine (C=N–C) groups is 1. The molecule has 2 rings (SSSR count). The van der Waals surface area contributed by atoms with Crippen LogP contribution in [0, 0.1) is 5.41 Å². The summed E-state index contributed by atoms with van der Waals surface area (Å²) in [6.45, 7) is 3.83. The summed E-state index contributed by atoms with van der Waals surface area (Å²) in [7, 11) is 5.28. The van der Waals surface area contributed by atoms with Gasteiger partial charge in [-0.15, -0.1) is 24.0 Å². The first-order chi connectivity index (χ1) is 12.9. The number of benzene rings is 1. The van der Waals surface area contributed by atoms with Crippen LogP contribution in [-0.2, 0) is 11.3 Å². The molecule has 1 saturated carbocycles. The van der Waals surface area contributed by atoms with Crippen LogP contribution >= 0.6 is 35.6 Å². The minimum atomic E-state index is -0.336. The van der Waals surface area contributed by atoms with E-state index in [0.717, 1.165) is 43.5 Å². The third kappa shape index (κ3) is 6.40. The number of methoxy groups -OCH3 is 1. The highest BCUT2D eigenvalue weighted by Gasteiger charge is 2.42. The molecule has 0 spiro atoms. The lowest BCUT2D eigenvalue weighted by molar-refractivity contribution is -0.138. The molecule has 0 radical (unpaired) electrons. The molecule has 1 amide bonds. The first-order valence-corrected chi connectivity index (χ1v) is 9.86. The Morgan fingerprint density at radius 1 is 1.29 bits per heavy atom. The van der Waals surface area contributed by atoms with Crippen molar-refractivity contribution in [2.45, 2.75) is 39.2 Å². The molecule has 1 aliphatic rings. The molecule has 0 heterocycles. The quantitative estimate of drug-likeness (QED) is 0.326. The van der Waals surface area contributed by atoms with Crippen LogP contribution < -0.4 is 15.4 Å². The van der Waals surface area contributed by atoms with Gasteiger partial charge in [-0.25, -0.2) is 4.99 Å². The fourth-order valence-electron chi connectivity index (χ4n) is 3.60. The van der Waals surface area contributed by atoms with Crippen LogP contribution in [0.25, 0.3) is 0 Å². The largest absolute Gasteiger partial charge is 0.496 e. The van der Waals surface area contributed by atoms with E-state index >= 15 is 0 Å². The smallest absolute Gasteiger partial charge is 0.230 e. The number of nitrogens with one attached hydrogen (secondary N) is 2. The minimum absolute atomic E-state index is 0. The minimum Gasteiger partial charge on any atom is -0.496 e. The lowest BCUT2D eigenvalue weighted by Crippen LogP contribution is -2.49. The molecule has 2 N–H and O–H groups in total. The van der Waals surface area contributed by atoms with Crippen LogP contribution in [0.1, 0.15) is 38.2 Å². The predicted molar refractivity (Wildman–Crippen MR) is 126 cm³/mol. The van der Waals surface area contributed by atoms with E-state index in [-0.39, 0.29) is 35.3 Å². The maximum absolute atomic E-state index is 12.7. The number of nitrogens with zero attached hydrogens (tertiary/aromatic N) is 2. The summed E-state index contributed by atoms with van der Waals surface area (Å²) >= 11 is 6.02.